The third-order valence-corrected chi connectivity index (χ3v) is 4.31. The maximum absolute atomic E-state index is 4.65. The molecule has 0 saturated carbocycles. The number of hydrogen-bond acceptors (Lipinski definition) is 4. The molecule has 0 aromatic carbocycles. The Kier molecular flexibility index (Phi) is 3.79. The van der Waals surface area contributed by atoms with Gasteiger partial charge in [0.2, 0.25) is 0 Å². The highest BCUT2D eigenvalue weighted by Crippen LogP contribution is 2.25. The number of thioether (sulfide) groups is 1. The monoisotopic (exact) mass is 299 g/mol. The summed E-state index contributed by atoms with van der Waals surface area (Å²) in [4.78, 5) is 4.13. The molecule has 0 aliphatic rings. The van der Waals surface area contributed by atoms with Crippen LogP contribution in [0.2, 0.25) is 0 Å². The first-order chi connectivity index (χ1) is 10.2. The second-order valence-corrected chi connectivity index (χ2v) is 5.95. The zero-order valence-electron chi connectivity index (χ0n) is 12.3. The van der Waals surface area contributed by atoms with Crippen molar-refractivity contribution in [3.8, 4) is 16.9 Å². The van der Waals surface area contributed by atoms with Crippen LogP contribution in [-0.4, -0.2) is 30.8 Å². The van der Waals surface area contributed by atoms with Crippen molar-refractivity contribution in [1.29, 1.82) is 0 Å². The summed E-state index contributed by atoms with van der Waals surface area (Å²) in [6, 6.07) is 5.92. The van der Waals surface area contributed by atoms with Gasteiger partial charge in [0.1, 0.15) is 0 Å². The molecule has 0 aliphatic carbocycles. The first-order valence-corrected chi connectivity index (χ1v) is 8.03. The third kappa shape index (κ3) is 2.71. The van der Waals surface area contributed by atoms with E-state index in [1.807, 2.05) is 46.9 Å². The van der Waals surface area contributed by atoms with Gasteiger partial charge in [0.25, 0.3) is 0 Å². The summed E-state index contributed by atoms with van der Waals surface area (Å²) in [5.41, 5.74) is 3.90. The lowest BCUT2D eigenvalue weighted by molar-refractivity contribution is 0.646. The van der Waals surface area contributed by atoms with E-state index >= 15 is 0 Å². The molecule has 0 amide bonds. The maximum atomic E-state index is 4.65. The van der Waals surface area contributed by atoms with Gasteiger partial charge in [-0.25, -0.2) is 4.68 Å². The summed E-state index contributed by atoms with van der Waals surface area (Å²) in [6.45, 7) is 4.13. The van der Waals surface area contributed by atoms with Crippen molar-refractivity contribution >= 4 is 11.8 Å². The van der Waals surface area contributed by atoms with Crippen molar-refractivity contribution in [2.75, 3.05) is 6.26 Å². The van der Waals surface area contributed by atoms with E-state index in [0.29, 0.717) is 5.37 Å². The van der Waals surface area contributed by atoms with E-state index in [-0.39, 0.29) is 0 Å². The average Bonchev–Trinajstić information content (AvgIpc) is 3.14. The van der Waals surface area contributed by atoms with Gasteiger partial charge in [-0.2, -0.15) is 10.2 Å². The fourth-order valence-corrected chi connectivity index (χ4v) is 2.46. The summed E-state index contributed by atoms with van der Waals surface area (Å²) >= 11 is 1.76. The van der Waals surface area contributed by atoms with Crippen LogP contribution < -0.4 is 0 Å². The van der Waals surface area contributed by atoms with Gasteiger partial charge in [0, 0.05) is 24.2 Å². The van der Waals surface area contributed by atoms with Crippen LogP contribution in [0.1, 0.15) is 18.0 Å². The molecule has 108 valence electrons. The molecule has 3 aromatic heterocycles. The third-order valence-electron chi connectivity index (χ3n) is 3.41. The van der Waals surface area contributed by atoms with Gasteiger partial charge in [-0.1, -0.05) is 0 Å². The van der Waals surface area contributed by atoms with Crippen LogP contribution in [0, 0.1) is 6.92 Å². The number of hydrogen-bond donors (Lipinski definition) is 0. The molecule has 1 atom stereocenters. The van der Waals surface area contributed by atoms with Crippen molar-refractivity contribution in [3.63, 3.8) is 0 Å². The van der Waals surface area contributed by atoms with Gasteiger partial charge >= 0.3 is 0 Å². The highest BCUT2D eigenvalue weighted by molar-refractivity contribution is 7.98. The molecule has 1 unspecified atom stereocenters. The standard InChI is InChI=1S/C15H17N5S/c1-11-14(15-6-8-19(18-15)12(2)21-3)10-20(17-11)13-5-4-7-16-9-13/h4-10,12H,1-3H3. The van der Waals surface area contributed by atoms with E-state index in [9.17, 15) is 0 Å². The molecular weight excluding hydrogens is 282 g/mol. The van der Waals surface area contributed by atoms with Gasteiger partial charge in [0.15, 0.2) is 0 Å². The molecule has 5 nitrogen and oxygen atoms in total. The Morgan fingerprint density at radius 1 is 1.24 bits per heavy atom. The minimum atomic E-state index is 0.326. The maximum Gasteiger partial charge on any atom is 0.0958 e. The lowest BCUT2D eigenvalue weighted by atomic mass is 10.2. The second-order valence-electron chi connectivity index (χ2n) is 4.80. The minimum Gasteiger partial charge on any atom is -0.262 e. The summed E-state index contributed by atoms with van der Waals surface area (Å²) in [5, 5.41) is 9.53. The van der Waals surface area contributed by atoms with Gasteiger partial charge in [-0.15, -0.1) is 11.8 Å². The highest BCUT2D eigenvalue weighted by Gasteiger charge is 2.12. The molecule has 3 heterocycles. The van der Waals surface area contributed by atoms with Crippen LogP contribution in [0.3, 0.4) is 0 Å². The zero-order valence-corrected chi connectivity index (χ0v) is 13.1. The summed E-state index contributed by atoms with van der Waals surface area (Å²) in [6.07, 6.45) is 9.65. The Bertz CT molecular complexity index is 732. The zero-order chi connectivity index (χ0) is 14.8. The SMILES string of the molecule is CSC(C)n1ccc(-c2cn(-c3cccnc3)nc2C)n1. The molecule has 21 heavy (non-hydrogen) atoms. The Morgan fingerprint density at radius 3 is 2.81 bits per heavy atom. The van der Waals surface area contributed by atoms with Crippen molar-refractivity contribution in [3.05, 3.63) is 48.7 Å². The normalized spacial score (nSPS) is 12.5. The molecule has 6 heteroatoms. The predicted octanol–water partition coefficient (Wildman–Crippen LogP) is 3.32. The lowest BCUT2D eigenvalue weighted by Gasteiger charge is -2.07. The summed E-state index contributed by atoms with van der Waals surface area (Å²) in [7, 11) is 0. The van der Waals surface area contributed by atoms with Crippen LogP contribution in [0.5, 0.6) is 0 Å². The van der Waals surface area contributed by atoms with E-state index in [1.54, 1.807) is 24.2 Å². The Labute approximate surface area is 128 Å². The van der Waals surface area contributed by atoms with Gasteiger partial charge < -0.3 is 0 Å². The minimum absolute atomic E-state index is 0.326. The molecule has 0 spiro atoms. The average molecular weight is 299 g/mol. The fourth-order valence-electron chi connectivity index (χ4n) is 2.13. The Balaban J connectivity index is 1.96. The smallest absolute Gasteiger partial charge is 0.0958 e. The molecule has 0 radical (unpaired) electrons. The molecular formula is C15H17N5S. The van der Waals surface area contributed by atoms with Crippen molar-refractivity contribution in [1.82, 2.24) is 24.5 Å². The summed E-state index contributed by atoms with van der Waals surface area (Å²) in [5.74, 6) is 0. The number of pyridine rings is 1. The van der Waals surface area contributed by atoms with Gasteiger partial charge in [-0.3, -0.25) is 9.67 Å². The van der Waals surface area contributed by atoms with Crippen LogP contribution in [-0.2, 0) is 0 Å². The number of rotatable bonds is 4. The number of aryl methyl sites for hydroxylation is 1. The number of aromatic nitrogens is 5. The van der Waals surface area contributed by atoms with Crippen LogP contribution in [0.25, 0.3) is 16.9 Å². The van der Waals surface area contributed by atoms with Gasteiger partial charge in [-0.05, 0) is 38.3 Å². The van der Waals surface area contributed by atoms with E-state index in [0.717, 1.165) is 22.6 Å². The first kappa shape index (κ1) is 13.9. The topological polar surface area (TPSA) is 48.5 Å². The van der Waals surface area contributed by atoms with Crippen molar-refractivity contribution < 1.29 is 0 Å². The van der Waals surface area contributed by atoms with Gasteiger partial charge in [0.05, 0.1) is 28.6 Å². The van der Waals surface area contributed by atoms with E-state index < -0.39 is 0 Å². The highest BCUT2D eigenvalue weighted by atomic mass is 32.2. The fraction of sp³-hybridized carbons (Fsp3) is 0.267. The molecule has 0 fully saturated rings. The largest absolute Gasteiger partial charge is 0.262 e. The Hall–Kier alpha value is -2.08. The van der Waals surface area contributed by atoms with Crippen LogP contribution in [0.15, 0.2) is 43.0 Å². The van der Waals surface area contributed by atoms with Crippen molar-refractivity contribution in [2.45, 2.75) is 19.2 Å². The first-order valence-electron chi connectivity index (χ1n) is 6.74. The molecule has 3 aromatic rings. The predicted molar refractivity (Wildman–Crippen MR) is 85.5 cm³/mol. The van der Waals surface area contributed by atoms with Crippen molar-refractivity contribution in [2.24, 2.45) is 0 Å². The quantitative estimate of drug-likeness (QED) is 0.741. The van der Waals surface area contributed by atoms with E-state index in [4.69, 9.17) is 0 Å². The van der Waals surface area contributed by atoms with Crippen LogP contribution >= 0.6 is 11.8 Å². The lowest BCUT2D eigenvalue weighted by Crippen LogP contribution is -2.01. The number of nitrogens with zero attached hydrogens (tertiary/aromatic N) is 5. The second kappa shape index (κ2) is 5.73. The molecule has 0 bridgehead atoms. The molecule has 0 N–H and O–H groups in total. The van der Waals surface area contributed by atoms with Crippen LogP contribution in [0.4, 0.5) is 0 Å². The molecule has 0 aliphatic heterocycles. The Morgan fingerprint density at radius 2 is 2.10 bits per heavy atom. The summed E-state index contributed by atoms with van der Waals surface area (Å²) < 4.78 is 3.82. The van der Waals surface area contributed by atoms with E-state index in [2.05, 4.69) is 28.4 Å². The van der Waals surface area contributed by atoms with E-state index in [1.165, 1.54) is 0 Å². The molecule has 0 saturated heterocycles. The molecule has 3 rings (SSSR count).